The van der Waals surface area contributed by atoms with E-state index in [0.29, 0.717) is 40.5 Å². The average molecular weight is 575 g/mol. The number of furan rings is 1. The van der Waals surface area contributed by atoms with Gasteiger partial charge in [-0.1, -0.05) is 42.5 Å². The predicted molar refractivity (Wildman–Crippen MR) is 144 cm³/mol. The lowest BCUT2D eigenvalue weighted by Gasteiger charge is -2.25. The zero-order valence-electron chi connectivity index (χ0n) is 20.4. The largest absolute Gasteiger partial charge is 0.490 e. The lowest BCUT2D eigenvalue weighted by Crippen LogP contribution is -2.53. The van der Waals surface area contributed by atoms with Gasteiger partial charge < -0.3 is 13.9 Å². The summed E-state index contributed by atoms with van der Waals surface area (Å²) < 4.78 is 17.9. The lowest BCUT2D eigenvalue weighted by atomic mass is 10.1. The molecule has 1 fully saturated rings. The molecule has 4 amide bonds. The number of nitrogens with one attached hydrogen (secondary N) is 1. The zero-order valence-corrected chi connectivity index (χ0v) is 22.0. The van der Waals surface area contributed by atoms with Crippen molar-refractivity contribution >= 4 is 50.6 Å². The van der Waals surface area contributed by atoms with E-state index in [1.54, 1.807) is 24.3 Å². The fraction of sp³-hybridized carbons (Fsp3) is 0.138. The smallest absolute Gasteiger partial charge is 0.331 e. The third-order valence-electron chi connectivity index (χ3n) is 5.97. The highest BCUT2D eigenvalue weighted by molar-refractivity contribution is 9.10. The van der Waals surface area contributed by atoms with Crippen LogP contribution in [0.1, 0.15) is 23.8 Å². The third-order valence-corrected chi connectivity index (χ3v) is 6.56. The van der Waals surface area contributed by atoms with Crippen molar-refractivity contribution in [3.63, 3.8) is 0 Å². The molecule has 5 rings (SSSR count). The first-order valence-corrected chi connectivity index (χ1v) is 12.7. The number of hydrogen-bond donors (Lipinski definition) is 1. The highest BCUT2D eigenvalue weighted by Crippen LogP contribution is 2.38. The van der Waals surface area contributed by atoms with E-state index in [1.807, 2.05) is 37.3 Å². The number of benzene rings is 3. The number of urea groups is 1. The van der Waals surface area contributed by atoms with E-state index in [-0.39, 0.29) is 12.1 Å². The van der Waals surface area contributed by atoms with Crippen LogP contribution in [-0.2, 0) is 22.7 Å². The molecule has 4 aromatic rings. The van der Waals surface area contributed by atoms with Gasteiger partial charge >= 0.3 is 6.03 Å². The minimum absolute atomic E-state index is 0.100. The molecule has 2 heterocycles. The maximum absolute atomic E-state index is 13.1. The maximum atomic E-state index is 13.1. The Morgan fingerprint density at radius 3 is 2.61 bits per heavy atom. The molecule has 1 aromatic heterocycles. The Kier molecular flexibility index (Phi) is 7.28. The molecule has 1 aliphatic heterocycles. The Balaban J connectivity index is 1.43. The first kappa shape index (κ1) is 25.3. The average Bonchev–Trinajstić information content (AvgIpc) is 3.42. The van der Waals surface area contributed by atoms with Crippen LogP contribution in [0, 0.1) is 0 Å². The van der Waals surface area contributed by atoms with E-state index in [4.69, 9.17) is 13.9 Å². The molecule has 0 aliphatic carbocycles. The van der Waals surface area contributed by atoms with E-state index < -0.39 is 17.8 Å². The van der Waals surface area contributed by atoms with Gasteiger partial charge in [0.1, 0.15) is 17.9 Å². The number of amides is 4. The van der Waals surface area contributed by atoms with E-state index in [0.717, 1.165) is 21.2 Å². The number of rotatable bonds is 8. The van der Waals surface area contributed by atoms with Crippen LogP contribution in [-0.4, -0.2) is 29.4 Å². The first-order valence-electron chi connectivity index (χ1n) is 11.9. The SMILES string of the molecule is CCOc1cc(/C=C2\C(=O)NC(=O)N(Cc3ccco3)C2=O)cc(Br)c1OCc1cccc2ccccc12. The van der Waals surface area contributed by atoms with E-state index in [9.17, 15) is 14.4 Å². The number of carbonyl (C=O) groups is 3. The summed E-state index contributed by atoms with van der Waals surface area (Å²) in [5, 5.41) is 4.43. The molecule has 0 atom stereocenters. The molecule has 1 saturated heterocycles. The summed E-state index contributed by atoms with van der Waals surface area (Å²) in [5.74, 6) is -0.144. The van der Waals surface area contributed by atoms with Gasteiger partial charge in [-0.05, 0) is 75.1 Å². The summed E-state index contributed by atoms with van der Waals surface area (Å²) in [6.45, 7) is 2.44. The van der Waals surface area contributed by atoms with Gasteiger partial charge in [0.15, 0.2) is 11.5 Å². The predicted octanol–water partition coefficient (Wildman–Crippen LogP) is 5.84. The number of ether oxygens (including phenoxy) is 2. The standard InChI is InChI=1S/C29H23BrN2O6/c1-2-36-25-15-18(13-23-27(33)31-29(35)32(28(23)34)16-21-10-6-12-37-21)14-24(30)26(25)38-17-20-9-5-8-19-7-3-4-11-22(19)20/h3-15H,2,16-17H2,1H3,(H,31,33,35)/b23-13+. The number of fused-ring (bicyclic) bond motifs is 1. The highest BCUT2D eigenvalue weighted by Gasteiger charge is 2.36. The van der Waals surface area contributed by atoms with Gasteiger partial charge in [-0.3, -0.25) is 19.8 Å². The second kappa shape index (κ2) is 10.9. The molecule has 8 nitrogen and oxygen atoms in total. The highest BCUT2D eigenvalue weighted by atomic mass is 79.9. The third kappa shape index (κ3) is 5.19. The van der Waals surface area contributed by atoms with Crippen LogP contribution in [0.5, 0.6) is 11.5 Å². The van der Waals surface area contributed by atoms with Gasteiger partial charge in [0, 0.05) is 0 Å². The number of halogens is 1. The number of carbonyl (C=O) groups excluding carboxylic acids is 3. The molecule has 1 N–H and O–H groups in total. The molecule has 3 aromatic carbocycles. The van der Waals surface area contributed by atoms with Gasteiger partial charge in [0.25, 0.3) is 11.8 Å². The van der Waals surface area contributed by atoms with Crippen LogP contribution in [0.15, 0.2) is 87.5 Å². The van der Waals surface area contributed by atoms with Gasteiger partial charge in [0.05, 0.1) is 23.9 Å². The van der Waals surface area contributed by atoms with E-state index in [2.05, 4.69) is 33.4 Å². The molecule has 9 heteroatoms. The van der Waals surface area contributed by atoms with Crippen LogP contribution in [0.4, 0.5) is 4.79 Å². The summed E-state index contributed by atoms with van der Waals surface area (Å²) in [6, 6.07) is 20.0. The van der Waals surface area contributed by atoms with Crippen molar-refractivity contribution in [1.29, 1.82) is 0 Å². The molecule has 192 valence electrons. The van der Waals surface area contributed by atoms with Crippen LogP contribution in [0.2, 0.25) is 0 Å². The molecular formula is C29H23BrN2O6. The number of barbiturate groups is 1. The minimum atomic E-state index is -0.804. The molecular weight excluding hydrogens is 552 g/mol. The van der Waals surface area contributed by atoms with Gasteiger partial charge in [-0.25, -0.2) is 4.79 Å². The molecule has 1 aliphatic rings. The Morgan fingerprint density at radius 1 is 1.00 bits per heavy atom. The summed E-state index contributed by atoms with van der Waals surface area (Å²) in [4.78, 5) is 38.9. The molecule has 0 bridgehead atoms. The molecule has 0 spiro atoms. The quantitative estimate of drug-likeness (QED) is 0.210. The second-order valence-corrected chi connectivity index (χ2v) is 9.33. The fourth-order valence-corrected chi connectivity index (χ4v) is 4.78. The molecule has 38 heavy (non-hydrogen) atoms. The molecule has 0 unspecified atom stereocenters. The minimum Gasteiger partial charge on any atom is -0.490 e. The topological polar surface area (TPSA) is 98.1 Å². The van der Waals surface area contributed by atoms with Crippen molar-refractivity contribution in [3.05, 3.63) is 99.9 Å². The van der Waals surface area contributed by atoms with Crippen molar-refractivity contribution in [2.75, 3.05) is 6.61 Å². The summed E-state index contributed by atoms with van der Waals surface area (Å²) in [6.07, 6.45) is 2.86. The maximum Gasteiger partial charge on any atom is 0.331 e. The van der Waals surface area contributed by atoms with E-state index >= 15 is 0 Å². The van der Waals surface area contributed by atoms with Crippen LogP contribution in [0.25, 0.3) is 16.8 Å². The fourth-order valence-electron chi connectivity index (χ4n) is 4.21. The van der Waals surface area contributed by atoms with Crippen molar-refractivity contribution in [2.24, 2.45) is 0 Å². The summed E-state index contributed by atoms with van der Waals surface area (Å²) in [5.41, 5.74) is 1.35. The van der Waals surface area contributed by atoms with Crippen LogP contribution >= 0.6 is 15.9 Å². The van der Waals surface area contributed by atoms with Crippen molar-refractivity contribution in [2.45, 2.75) is 20.1 Å². The van der Waals surface area contributed by atoms with Gasteiger partial charge in [0.2, 0.25) is 0 Å². The van der Waals surface area contributed by atoms with Crippen molar-refractivity contribution in [3.8, 4) is 11.5 Å². The first-order chi connectivity index (χ1) is 18.4. The molecule has 0 saturated carbocycles. The van der Waals surface area contributed by atoms with Crippen LogP contribution in [0.3, 0.4) is 0 Å². The number of imide groups is 2. The second-order valence-electron chi connectivity index (χ2n) is 8.48. The zero-order chi connectivity index (χ0) is 26.6. The Labute approximate surface area is 226 Å². The van der Waals surface area contributed by atoms with Gasteiger partial charge in [-0.2, -0.15) is 0 Å². The monoisotopic (exact) mass is 574 g/mol. The molecule has 0 radical (unpaired) electrons. The number of hydrogen-bond acceptors (Lipinski definition) is 6. The Hall–Kier alpha value is -4.37. The van der Waals surface area contributed by atoms with Crippen molar-refractivity contribution < 1.29 is 28.3 Å². The Morgan fingerprint density at radius 2 is 1.82 bits per heavy atom. The Bertz CT molecular complexity index is 1560. The van der Waals surface area contributed by atoms with Crippen molar-refractivity contribution in [1.82, 2.24) is 10.2 Å². The normalized spacial score (nSPS) is 14.7. The summed E-state index contributed by atoms with van der Waals surface area (Å²) >= 11 is 3.55. The lowest BCUT2D eigenvalue weighted by molar-refractivity contribution is -0.130. The number of nitrogens with zero attached hydrogens (tertiary/aromatic N) is 1. The van der Waals surface area contributed by atoms with Gasteiger partial charge in [-0.15, -0.1) is 0 Å². The summed E-state index contributed by atoms with van der Waals surface area (Å²) in [7, 11) is 0. The van der Waals surface area contributed by atoms with E-state index in [1.165, 1.54) is 12.3 Å². The van der Waals surface area contributed by atoms with Crippen LogP contribution < -0.4 is 14.8 Å².